The van der Waals surface area contributed by atoms with E-state index in [4.69, 9.17) is 0 Å². The Morgan fingerprint density at radius 1 is 1.40 bits per heavy atom. The first kappa shape index (κ1) is 10.7. The number of rotatable bonds is 2. The molecule has 1 heterocycles. The van der Waals surface area contributed by atoms with Gasteiger partial charge in [0.15, 0.2) is 0 Å². The second kappa shape index (κ2) is 2.85. The second-order valence-electron chi connectivity index (χ2n) is 5.11. The SMILES string of the molecule is Cc1ccc(C2(C)C(C(=O)O)C2(C)C)s1. The Balaban J connectivity index is 2.42. The van der Waals surface area contributed by atoms with Gasteiger partial charge in [0, 0.05) is 15.2 Å². The van der Waals surface area contributed by atoms with Crippen LogP contribution in [0.3, 0.4) is 0 Å². The normalized spacial score (nSPS) is 32.7. The van der Waals surface area contributed by atoms with Crippen molar-refractivity contribution in [2.45, 2.75) is 33.1 Å². The van der Waals surface area contributed by atoms with E-state index in [1.165, 1.54) is 9.75 Å². The van der Waals surface area contributed by atoms with Gasteiger partial charge in [0.25, 0.3) is 0 Å². The molecule has 0 amide bonds. The zero-order valence-corrected chi connectivity index (χ0v) is 10.3. The van der Waals surface area contributed by atoms with Gasteiger partial charge in [0.05, 0.1) is 5.92 Å². The topological polar surface area (TPSA) is 37.3 Å². The maximum Gasteiger partial charge on any atom is 0.308 e. The summed E-state index contributed by atoms with van der Waals surface area (Å²) in [5.74, 6) is -0.920. The maximum atomic E-state index is 11.2. The molecule has 0 aromatic carbocycles. The molecule has 2 atom stereocenters. The summed E-state index contributed by atoms with van der Waals surface area (Å²) in [5, 5.41) is 9.20. The lowest BCUT2D eigenvalue weighted by Gasteiger charge is -2.11. The van der Waals surface area contributed by atoms with E-state index < -0.39 is 5.97 Å². The minimum Gasteiger partial charge on any atom is -0.481 e. The molecule has 1 N–H and O–H groups in total. The summed E-state index contributed by atoms with van der Waals surface area (Å²) in [4.78, 5) is 13.6. The Morgan fingerprint density at radius 3 is 2.33 bits per heavy atom. The highest BCUT2D eigenvalue weighted by molar-refractivity contribution is 7.12. The molecule has 0 aliphatic heterocycles. The van der Waals surface area contributed by atoms with Crippen molar-refractivity contribution in [1.29, 1.82) is 0 Å². The van der Waals surface area contributed by atoms with Gasteiger partial charge in [-0.2, -0.15) is 0 Å². The third-order valence-corrected chi connectivity index (χ3v) is 5.29. The summed E-state index contributed by atoms with van der Waals surface area (Å²) >= 11 is 1.72. The molecular weight excluding hydrogens is 208 g/mol. The van der Waals surface area contributed by atoms with Crippen LogP contribution in [0.5, 0.6) is 0 Å². The highest BCUT2D eigenvalue weighted by atomic mass is 32.1. The molecule has 0 bridgehead atoms. The van der Waals surface area contributed by atoms with E-state index in [-0.39, 0.29) is 16.7 Å². The molecule has 1 saturated carbocycles. The molecule has 1 aliphatic rings. The van der Waals surface area contributed by atoms with Crippen molar-refractivity contribution < 1.29 is 9.90 Å². The zero-order chi connectivity index (χ0) is 11.4. The van der Waals surface area contributed by atoms with Gasteiger partial charge in [-0.3, -0.25) is 4.79 Å². The summed E-state index contributed by atoms with van der Waals surface area (Å²) in [5.41, 5.74) is -0.312. The monoisotopic (exact) mass is 224 g/mol. The summed E-state index contributed by atoms with van der Waals surface area (Å²) < 4.78 is 0. The van der Waals surface area contributed by atoms with E-state index >= 15 is 0 Å². The number of hydrogen-bond acceptors (Lipinski definition) is 2. The fourth-order valence-electron chi connectivity index (χ4n) is 2.71. The minimum atomic E-state index is -0.673. The predicted octanol–water partition coefficient (Wildman–Crippen LogP) is 3.05. The molecule has 3 heteroatoms. The summed E-state index contributed by atoms with van der Waals surface area (Å²) in [6.45, 7) is 8.21. The van der Waals surface area contributed by atoms with Gasteiger partial charge in [-0.05, 0) is 24.5 Å². The third-order valence-electron chi connectivity index (χ3n) is 4.05. The summed E-state index contributed by atoms with van der Waals surface area (Å²) in [7, 11) is 0. The van der Waals surface area contributed by atoms with Crippen molar-refractivity contribution in [2.24, 2.45) is 11.3 Å². The lowest BCUT2D eigenvalue weighted by atomic mass is 9.96. The number of aliphatic carboxylic acids is 1. The molecule has 0 spiro atoms. The van der Waals surface area contributed by atoms with Crippen LogP contribution in [0.1, 0.15) is 30.5 Å². The molecule has 82 valence electrons. The van der Waals surface area contributed by atoms with Crippen LogP contribution in [0.4, 0.5) is 0 Å². The van der Waals surface area contributed by atoms with Crippen molar-refractivity contribution in [3.63, 3.8) is 0 Å². The Labute approximate surface area is 93.9 Å². The third kappa shape index (κ3) is 1.19. The van der Waals surface area contributed by atoms with Crippen LogP contribution >= 0.6 is 11.3 Å². The van der Waals surface area contributed by atoms with Crippen LogP contribution < -0.4 is 0 Å². The van der Waals surface area contributed by atoms with E-state index in [2.05, 4.69) is 26.0 Å². The van der Waals surface area contributed by atoms with Crippen molar-refractivity contribution >= 4 is 17.3 Å². The Morgan fingerprint density at radius 2 is 2.00 bits per heavy atom. The fourth-order valence-corrected chi connectivity index (χ4v) is 3.92. The molecular formula is C12H16O2S. The first-order chi connectivity index (χ1) is 6.81. The summed E-state index contributed by atoms with van der Waals surface area (Å²) in [6.07, 6.45) is 0. The van der Waals surface area contributed by atoms with Gasteiger partial charge >= 0.3 is 5.97 Å². The van der Waals surface area contributed by atoms with Crippen LogP contribution in [-0.2, 0) is 10.2 Å². The lowest BCUT2D eigenvalue weighted by molar-refractivity contribution is -0.139. The quantitative estimate of drug-likeness (QED) is 0.838. The van der Waals surface area contributed by atoms with Gasteiger partial charge in [0.1, 0.15) is 0 Å². The van der Waals surface area contributed by atoms with E-state index in [9.17, 15) is 9.90 Å². The van der Waals surface area contributed by atoms with Crippen LogP contribution in [0.15, 0.2) is 12.1 Å². The standard InChI is InChI=1S/C12H16O2S/c1-7-5-6-8(15-7)12(4)9(10(13)14)11(12,2)3/h5-6,9H,1-4H3,(H,13,14). The minimum absolute atomic E-state index is 0.129. The molecule has 2 rings (SSSR count). The number of aryl methyl sites for hydroxylation is 1. The lowest BCUT2D eigenvalue weighted by Crippen LogP contribution is -2.09. The van der Waals surface area contributed by atoms with E-state index in [1.807, 2.05) is 13.8 Å². The van der Waals surface area contributed by atoms with Crippen LogP contribution in [0, 0.1) is 18.3 Å². The Hall–Kier alpha value is -0.830. The average molecular weight is 224 g/mol. The molecule has 15 heavy (non-hydrogen) atoms. The van der Waals surface area contributed by atoms with Crippen LogP contribution in [0.2, 0.25) is 0 Å². The molecule has 2 nitrogen and oxygen atoms in total. The second-order valence-corrected chi connectivity index (χ2v) is 6.39. The number of carboxylic acids is 1. The van der Waals surface area contributed by atoms with Crippen molar-refractivity contribution in [3.8, 4) is 0 Å². The van der Waals surface area contributed by atoms with E-state index in [0.717, 1.165) is 0 Å². The van der Waals surface area contributed by atoms with Gasteiger partial charge in [0.2, 0.25) is 0 Å². The first-order valence-electron chi connectivity index (χ1n) is 5.11. The smallest absolute Gasteiger partial charge is 0.308 e. The van der Waals surface area contributed by atoms with Gasteiger partial charge < -0.3 is 5.11 Å². The molecule has 2 unspecified atom stereocenters. The molecule has 1 fully saturated rings. The highest BCUT2D eigenvalue weighted by Crippen LogP contribution is 2.70. The number of hydrogen-bond donors (Lipinski definition) is 1. The molecule has 0 saturated heterocycles. The van der Waals surface area contributed by atoms with Gasteiger partial charge in [-0.1, -0.05) is 20.8 Å². The van der Waals surface area contributed by atoms with Gasteiger partial charge in [-0.25, -0.2) is 0 Å². The zero-order valence-electron chi connectivity index (χ0n) is 9.50. The van der Waals surface area contributed by atoms with Crippen molar-refractivity contribution in [2.75, 3.05) is 0 Å². The highest BCUT2D eigenvalue weighted by Gasteiger charge is 2.72. The Bertz CT molecular complexity index is 419. The molecule has 1 aliphatic carbocycles. The number of thiophene rings is 1. The largest absolute Gasteiger partial charge is 0.481 e. The van der Waals surface area contributed by atoms with Crippen LogP contribution in [-0.4, -0.2) is 11.1 Å². The van der Waals surface area contributed by atoms with Gasteiger partial charge in [-0.15, -0.1) is 11.3 Å². The van der Waals surface area contributed by atoms with E-state index in [0.29, 0.717) is 0 Å². The van der Waals surface area contributed by atoms with Crippen molar-refractivity contribution in [3.05, 3.63) is 21.9 Å². The Kier molecular flexibility index (Phi) is 2.03. The van der Waals surface area contributed by atoms with Crippen molar-refractivity contribution in [1.82, 2.24) is 0 Å². The number of carbonyl (C=O) groups is 1. The first-order valence-corrected chi connectivity index (χ1v) is 5.93. The predicted molar refractivity (Wildman–Crippen MR) is 61.3 cm³/mol. The molecule has 0 radical (unpaired) electrons. The van der Waals surface area contributed by atoms with Crippen LogP contribution in [0.25, 0.3) is 0 Å². The number of carboxylic acid groups (broad SMARTS) is 1. The average Bonchev–Trinajstić information content (AvgIpc) is 2.45. The molecule has 1 aromatic heterocycles. The fraction of sp³-hybridized carbons (Fsp3) is 0.583. The maximum absolute atomic E-state index is 11.2. The molecule has 1 aromatic rings. The van der Waals surface area contributed by atoms with E-state index in [1.54, 1.807) is 11.3 Å². The summed E-state index contributed by atoms with van der Waals surface area (Å²) in [6, 6.07) is 4.14.